The van der Waals surface area contributed by atoms with E-state index in [9.17, 15) is 0 Å². The van der Waals surface area contributed by atoms with Gasteiger partial charge in [-0.15, -0.1) is 0 Å². The zero-order valence-corrected chi connectivity index (χ0v) is 10.9. The quantitative estimate of drug-likeness (QED) is 0.472. The topological polar surface area (TPSA) is 39.1 Å². The second-order valence-corrected chi connectivity index (χ2v) is 5.40. The van der Waals surface area contributed by atoms with E-state index >= 15 is 0 Å². The second kappa shape index (κ2) is 6.69. The van der Waals surface area contributed by atoms with Crippen molar-refractivity contribution in [3.63, 3.8) is 0 Å². The Morgan fingerprint density at radius 2 is 2.57 bits per heavy atom. The van der Waals surface area contributed by atoms with Crippen molar-refractivity contribution in [1.29, 1.82) is 5.26 Å². The Morgan fingerprint density at radius 3 is 3.14 bits per heavy atom. The molecule has 0 aromatic carbocycles. The Labute approximate surface area is 106 Å². The summed E-state index contributed by atoms with van der Waals surface area (Å²) >= 11 is 7.30. The number of thiocarbonyl (C=S) groups is 1. The van der Waals surface area contributed by atoms with Crippen LogP contribution in [0.3, 0.4) is 0 Å². The summed E-state index contributed by atoms with van der Waals surface area (Å²) in [4.78, 5) is 0. The fourth-order valence-corrected chi connectivity index (χ4v) is 3.03. The van der Waals surface area contributed by atoms with Gasteiger partial charge in [0, 0.05) is 17.5 Å². The number of hydrogen-bond acceptors (Lipinski definition) is 7. The van der Waals surface area contributed by atoms with E-state index in [-0.39, 0.29) is 0 Å². The SMILES string of the molecule is N#CSN1SNC(C=S)=C1CCSCl. The van der Waals surface area contributed by atoms with Gasteiger partial charge in [0.1, 0.15) is 0 Å². The molecule has 0 saturated carbocycles. The largest absolute Gasteiger partial charge is 0.309 e. The molecular weight excluding hydrogens is 278 g/mol. The van der Waals surface area contributed by atoms with Crippen LogP contribution in [0.1, 0.15) is 6.42 Å². The third-order valence-electron chi connectivity index (χ3n) is 1.43. The molecule has 14 heavy (non-hydrogen) atoms. The van der Waals surface area contributed by atoms with Gasteiger partial charge >= 0.3 is 0 Å². The Kier molecular flexibility index (Phi) is 5.89. The monoisotopic (exact) mass is 283 g/mol. The fraction of sp³-hybridized carbons (Fsp3) is 0.333. The summed E-state index contributed by atoms with van der Waals surface area (Å²) < 4.78 is 4.85. The first-order valence-electron chi connectivity index (χ1n) is 3.54. The van der Waals surface area contributed by atoms with Crippen LogP contribution in [0.4, 0.5) is 0 Å². The predicted octanol–water partition coefficient (Wildman–Crippen LogP) is 3.07. The van der Waals surface area contributed by atoms with Gasteiger partial charge in [-0.3, -0.25) is 0 Å². The summed E-state index contributed by atoms with van der Waals surface area (Å²) in [5, 5.41) is 12.2. The van der Waals surface area contributed by atoms with Gasteiger partial charge in [-0.2, -0.15) is 5.26 Å². The highest BCUT2D eigenvalue weighted by Crippen LogP contribution is 2.35. The van der Waals surface area contributed by atoms with Crippen LogP contribution in [0.2, 0.25) is 0 Å². The van der Waals surface area contributed by atoms with Crippen LogP contribution in [0, 0.1) is 10.7 Å². The molecule has 0 aromatic rings. The van der Waals surface area contributed by atoms with E-state index in [0.717, 1.165) is 35.5 Å². The maximum Gasteiger partial charge on any atom is 0.157 e. The average Bonchev–Trinajstić information content (AvgIpc) is 2.58. The minimum atomic E-state index is 0.797. The van der Waals surface area contributed by atoms with Gasteiger partial charge < -0.3 is 4.72 Å². The lowest BCUT2D eigenvalue weighted by Crippen LogP contribution is -2.02. The number of hydrogen-bond donors (Lipinski definition) is 1. The highest BCUT2D eigenvalue weighted by Gasteiger charge is 2.22. The minimum Gasteiger partial charge on any atom is -0.309 e. The van der Waals surface area contributed by atoms with Gasteiger partial charge in [-0.25, -0.2) is 3.71 Å². The van der Waals surface area contributed by atoms with Crippen LogP contribution in [0.15, 0.2) is 11.4 Å². The van der Waals surface area contributed by atoms with E-state index in [1.165, 1.54) is 23.1 Å². The minimum absolute atomic E-state index is 0.797. The van der Waals surface area contributed by atoms with E-state index in [2.05, 4.69) is 4.72 Å². The summed E-state index contributed by atoms with van der Waals surface area (Å²) in [6.45, 7) is 0. The summed E-state index contributed by atoms with van der Waals surface area (Å²) in [7, 11) is 6.79. The third kappa shape index (κ3) is 3.14. The first-order chi connectivity index (χ1) is 6.83. The lowest BCUT2D eigenvalue weighted by atomic mass is 10.3. The molecule has 8 heteroatoms. The molecule has 0 aromatic heterocycles. The molecule has 0 fully saturated rings. The zero-order valence-electron chi connectivity index (χ0n) is 6.90. The van der Waals surface area contributed by atoms with E-state index in [1.54, 1.807) is 5.37 Å². The second-order valence-electron chi connectivity index (χ2n) is 2.17. The van der Waals surface area contributed by atoms with Gasteiger partial charge in [0.15, 0.2) is 5.40 Å². The van der Waals surface area contributed by atoms with Crippen LogP contribution < -0.4 is 4.72 Å². The summed E-state index contributed by atoms with van der Waals surface area (Å²) in [6.07, 6.45) is 0.797. The lowest BCUT2D eigenvalue weighted by molar-refractivity contribution is 0.864. The Morgan fingerprint density at radius 1 is 1.79 bits per heavy atom. The smallest absolute Gasteiger partial charge is 0.157 e. The number of nitriles is 1. The van der Waals surface area contributed by atoms with Gasteiger partial charge in [0.05, 0.1) is 35.5 Å². The lowest BCUT2D eigenvalue weighted by Gasteiger charge is -2.12. The Bertz CT molecular complexity index is 287. The van der Waals surface area contributed by atoms with Gasteiger partial charge in [0.2, 0.25) is 0 Å². The number of nitrogens with one attached hydrogen (secondary N) is 1. The summed E-state index contributed by atoms with van der Waals surface area (Å²) in [5.74, 6) is 0.800. The number of thiocyanates is 1. The van der Waals surface area contributed by atoms with E-state index in [0.29, 0.717) is 0 Å². The van der Waals surface area contributed by atoms with Gasteiger partial charge in [0.25, 0.3) is 0 Å². The summed E-state index contributed by atoms with van der Waals surface area (Å²) in [6, 6.07) is 0. The Hall–Kier alpha value is 0.260. The molecule has 0 unspecified atom stereocenters. The van der Waals surface area contributed by atoms with Crippen molar-refractivity contribution in [3.05, 3.63) is 11.4 Å². The van der Waals surface area contributed by atoms with Crippen LogP contribution in [0.25, 0.3) is 0 Å². The normalized spacial score (nSPS) is 15.3. The number of rotatable bonds is 5. The first kappa shape index (κ1) is 12.3. The Balaban J connectivity index is 2.68. The van der Waals surface area contributed by atoms with Crippen LogP contribution in [0.5, 0.6) is 0 Å². The molecule has 76 valence electrons. The molecule has 1 heterocycles. The fourth-order valence-electron chi connectivity index (χ4n) is 0.867. The third-order valence-corrected chi connectivity index (χ3v) is 4.10. The van der Waals surface area contributed by atoms with Crippen molar-refractivity contribution in [2.24, 2.45) is 0 Å². The van der Waals surface area contributed by atoms with Crippen LogP contribution >= 0.6 is 58.0 Å². The zero-order chi connectivity index (χ0) is 10.4. The molecule has 1 aliphatic heterocycles. The molecule has 1 aliphatic rings. The van der Waals surface area contributed by atoms with Crippen molar-refractivity contribution >= 4 is 63.3 Å². The molecule has 0 aliphatic carbocycles. The molecule has 0 saturated heterocycles. The molecule has 0 atom stereocenters. The molecule has 0 bridgehead atoms. The highest BCUT2D eigenvalue weighted by molar-refractivity contribution is 8.21. The number of allylic oxidation sites excluding steroid dienone is 2. The van der Waals surface area contributed by atoms with Crippen molar-refractivity contribution in [2.45, 2.75) is 6.42 Å². The molecule has 1 N–H and O–H groups in total. The predicted molar refractivity (Wildman–Crippen MR) is 69.4 cm³/mol. The number of halogens is 1. The maximum atomic E-state index is 8.57. The van der Waals surface area contributed by atoms with Crippen molar-refractivity contribution in [1.82, 2.24) is 8.43 Å². The van der Waals surface area contributed by atoms with Gasteiger partial charge in [-0.1, -0.05) is 23.2 Å². The maximum absolute atomic E-state index is 8.57. The molecule has 0 spiro atoms. The van der Waals surface area contributed by atoms with Crippen molar-refractivity contribution < 1.29 is 0 Å². The van der Waals surface area contributed by atoms with Gasteiger partial charge in [-0.05, 0) is 10.7 Å². The van der Waals surface area contributed by atoms with Crippen LogP contribution in [-0.4, -0.2) is 14.8 Å². The van der Waals surface area contributed by atoms with Crippen LogP contribution in [-0.2, 0) is 0 Å². The molecular formula is C6H6ClN3S4. The van der Waals surface area contributed by atoms with E-state index in [4.69, 9.17) is 28.2 Å². The standard InChI is InChI=1S/C6H6ClN3S4/c7-12-2-1-6-5(3-11)9-14-10(6)13-4-8/h3,9H,1-2H2. The summed E-state index contributed by atoms with van der Waals surface area (Å²) in [5.41, 5.74) is 1.91. The number of nitrogens with zero attached hydrogens (tertiary/aromatic N) is 2. The molecule has 1 rings (SSSR count). The van der Waals surface area contributed by atoms with Crippen molar-refractivity contribution in [2.75, 3.05) is 5.75 Å². The molecule has 0 radical (unpaired) electrons. The van der Waals surface area contributed by atoms with E-state index < -0.39 is 0 Å². The molecule has 0 amide bonds. The van der Waals surface area contributed by atoms with Crippen molar-refractivity contribution in [3.8, 4) is 5.40 Å². The highest BCUT2D eigenvalue weighted by atomic mass is 35.7. The first-order valence-corrected chi connectivity index (χ1v) is 7.37. The van der Waals surface area contributed by atoms with E-state index in [1.807, 2.05) is 9.11 Å². The molecule has 3 nitrogen and oxygen atoms in total. The average molecular weight is 284 g/mol.